The molecule has 1 unspecified atom stereocenters. The normalized spacial score (nSPS) is 26.7. The van der Waals surface area contributed by atoms with E-state index in [4.69, 9.17) is 9.47 Å². The van der Waals surface area contributed by atoms with Crippen LogP contribution in [-0.2, 0) is 6.42 Å². The molecular formula is C22H25FN2O2. The van der Waals surface area contributed by atoms with Gasteiger partial charge in [0.05, 0.1) is 0 Å². The monoisotopic (exact) mass is 368 g/mol. The second-order valence-electron chi connectivity index (χ2n) is 8.07. The minimum atomic E-state index is -0.0528. The molecule has 1 saturated heterocycles. The van der Waals surface area contributed by atoms with E-state index in [9.17, 15) is 4.39 Å². The Morgan fingerprint density at radius 3 is 2.78 bits per heavy atom. The first-order chi connectivity index (χ1) is 13.1. The quantitative estimate of drug-likeness (QED) is 0.827. The van der Waals surface area contributed by atoms with Crippen LogP contribution >= 0.6 is 0 Å². The summed E-state index contributed by atoms with van der Waals surface area (Å²) in [4.78, 5) is 4.78. The number of likely N-dealkylation sites (N-methyl/N-ethyl adjacent to an activating group) is 1. The highest BCUT2D eigenvalue weighted by molar-refractivity contribution is 5.46. The predicted octanol–water partition coefficient (Wildman–Crippen LogP) is 3.57. The number of ether oxygens (including phenoxy) is 2. The number of benzene rings is 2. The first-order valence-electron chi connectivity index (χ1n) is 9.69. The molecule has 2 aliphatic heterocycles. The average molecular weight is 368 g/mol. The van der Waals surface area contributed by atoms with Crippen molar-refractivity contribution in [3.8, 4) is 11.5 Å². The number of aryl methyl sites for hydroxylation is 1. The minimum absolute atomic E-state index is 0.0528. The van der Waals surface area contributed by atoms with Gasteiger partial charge in [0, 0.05) is 36.7 Å². The highest BCUT2D eigenvalue weighted by atomic mass is 19.1. The van der Waals surface area contributed by atoms with E-state index in [1.54, 1.807) is 6.07 Å². The van der Waals surface area contributed by atoms with Gasteiger partial charge in [-0.05, 0) is 56.3 Å². The highest BCUT2D eigenvalue weighted by Gasteiger charge is 2.41. The zero-order chi connectivity index (χ0) is 18.5. The Labute approximate surface area is 159 Å². The molecule has 4 nitrogen and oxygen atoms in total. The molecule has 3 atom stereocenters. The number of fused-ring (bicyclic) bond motifs is 2. The van der Waals surface area contributed by atoms with Gasteiger partial charge in [0.25, 0.3) is 0 Å². The maximum absolute atomic E-state index is 14.6. The Bertz CT molecular complexity index is 869. The topological polar surface area (TPSA) is 24.9 Å². The Hall–Kier alpha value is -2.11. The maximum atomic E-state index is 14.6. The molecular weight excluding hydrogens is 343 g/mol. The lowest BCUT2D eigenvalue weighted by Crippen LogP contribution is -2.35. The van der Waals surface area contributed by atoms with Crippen LogP contribution in [0.1, 0.15) is 35.1 Å². The summed E-state index contributed by atoms with van der Waals surface area (Å²) >= 11 is 0. The second-order valence-corrected chi connectivity index (χ2v) is 8.07. The third-order valence-electron chi connectivity index (χ3n) is 6.41. The van der Waals surface area contributed by atoms with Gasteiger partial charge in [-0.15, -0.1) is 0 Å². The van der Waals surface area contributed by atoms with Gasteiger partial charge in [0.15, 0.2) is 11.5 Å². The third-order valence-corrected chi connectivity index (χ3v) is 6.41. The van der Waals surface area contributed by atoms with Crippen LogP contribution in [0.15, 0.2) is 36.4 Å². The zero-order valence-electron chi connectivity index (χ0n) is 15.8. The molecule has 0 radical (unpaired) electrons. The fraction of sp³-hybridized carbons (Fsp3) is 0.455. The Morgan fingerprint density at radius 2 is 1.93 bits per heavy atom. The first kappa shape index (κ1) is 17.0. The van der Waals surface area contributed by atoms with Gasteiger partial charge in [-0.3, -0.25) is 4.90 Å². The van der Waals surface area contributed by atoms with E-state index >= 15 is 0 Å². The summed E-state index contributed by atoms with van der Waals surface area (Å²) in [5.74, 6) is 1.97. The van der Waals surface area contributed by atoms with Crippen molar-refractivity contribution in [2.24, 2.45) is 0 Å². The molecule has 2 aromatic carbocycles. The van der Waals surface area contributed by atoms with E-state index in [0.717, 1.165) is 43.0 Å². The zero-order valence-corrected chi connectivity index (χ0v) is 15.8. The number of hydrogen-bond donors (Lipinski definition) is 0. The fourth-order valence-corrected chi connectivity index (χ4v) is 5.04. The summed E-state index contributed by atoms with van der Waals surface area (Å²) in [7, 11) is 4.27. The van der Waals surface area contributed by atoms with Crippen molar-refractivity contribution in [2.45, 2.75) is 30.8 Å². The minimum Gasteiger partial charge on any atom is -0.454 e. The lowest BCUT2D eigenvalue weighted by atomic mass is 9.93. The van der Waals surface area contributed by atoms with Crippen molar-refractivity contribution in [3.05, 3.63) is 58.9 Å². The van der Waals surface area contributed by atoms with Crippen molar-refractivity contribution in [1.29, 1.82) is 0 Å². The lowest BCUT2D eigenvalue weighted by Gasteiger charge is -2.26. The van der Waals surface area contributed by atoms with Gasteiger partial charge in [0.2, 0.25) is 6.79 Å². The summed E-state index contributed by atoms with van der Waals surface area (Å²) in [5.41, 5.74) is 3.36. The predicted molar refractivity (Wildman–Crippen MR) is 102 cm³/mol. The third kappa shape index (κ3) is 2.80. The molecule has 3 aliphatic rings. The molecule has 0 spiro atoms. The molecule has 0 saturated carbocycles. The van der Waals surface area contributed by atoms with Gasteiger partial charge in [-0.2, -0.15) is 0 Å². The molecule has 0 N–H and O–H groups in total. The SMILES string of the molecule is CN(C)[C@@H]1CN(C2CCc3cccc(F)c32)C[C@H]1c1ccc2c(c1)OCO2. The first-order valence-corrected chi connectivity index (χ1v) is 9.69. The Morgan fingerprint density at radius 1 is 1.07 bits per heavy atom. The molecule has 2 aromatic rings. The molecule has 2 heterocycles. The van der Waals surface area contributed by atoms with E-state index in [-0.39, 0.29) is 11.9 Å². The number of hydrogen-bond acceptors (Lipinski definition) is 4. The molecule has 5 heteroatoms. The molecule has 5 rings (SSSR count). The maximum Gasteiger partial charge on any atom is 0.231 e. The van der Waals surface area contributed by atoms with Crippen LogP contribution in [0.4, 0.5) is 4.39 Å². The van der Waals surface area contributed by atoms with Crippen molar-refractivity contribution >= 4 is 0 Å². The fourth-order valence-electron chi connectivity index (χ4n) is 5.04. The number of nitrogens with zero attached hydrogens (tertiary/aromatic N) is 2. The largest absolute Gasteiger partial charge is 0.454 e. The van der Waals surface area contributed by atoms with Crippen molar-refractivity contribution in [2.75, 3.05) is 34.0 Å². The molecule has 0 bridgehead atoms. The number of likely N-dealkylation sites (tertiary alicyclic amines) is 1. The van der Waals surface area contributed by atoms with Crippen LogP contribution in [0.5, 0.6) is 11.5 Å². The highest BCUT2D eigenvalue weighted by Crippen LogP contribution is 2.44. The molecule has 27 heavy (non-hydrogen) atoms. The van der Waals surface area contributed by atoms with Crippen LogP contribution in [0.3, 0.4) is 0 Å². The van der Waals surface area contributed by atoms with Crippen LogP contribution in [-0.4, -0.2) is 49.8 Å². The van der Waals surface area contributed by atoms with Crippen LogP contribution < -0.4 is 9.47 Å². The van der Waals surface area contributed by atoms with E-state index in [1.165, 1.54) is 11.1 Å². The van der Waals surface area contributed by atoms with E-state index in [0.29, 0.717) is 18.8 Å². The van der Waals surface area contributed by atoms with E-state index in [2.05, 4.69) is 42.1 Å². The number of rotatable bonds is 3. The Balaban J connectivity index is 1.45. The molecule has 0 amide bonds. The smallest absolute Gasteiger partial charge is 0.231 e. The summed E-state index contributed by atoms with van der Waals surface area (Å²) in [6.07, 6.45) is 1.97. The average Bonchev–Trinajstić information content (AvgIpc) is 3.38. The summed E-state index contributed by atoms with van der Waals surface area (Å²) < 4.78 is 25.6. The van der Waals surface area contributed by atoms with Crippen LogP contribution in [0.25, 0.3) is 0 Å². The molecule has 0 aromatic heterocycles. The molecule has 1 aliphatic carbocycles. The van der Waals surface area contributed by atoms with Crippen LogP contribution in [0.2, 0.25) is 0 Å². The van der Waals surface area contributed by atoms with Crippen molar-refractivity contribution in [3.63, 3.8) is 0 Å². The van der Waals surface area contributed by atoms with Gasteiger partial charge < -0.3 is 14.4 Å². The standard InChI is InChI=1S/C22H25FN2O2/c1-24(2)19-12-25(18-8-6-14-4-3-5-17(23)22(14)18)11-16(19)15-7-9-20-21(10-15)27-13-26-20/h3-5,7,9-10,16,18-19H,6,8,11-13H2,1-2H3/t16-,18?,19+/m0/s1. The number of halogens is 1. The molecule has 1 fully saturated rings. The summed E-state index contributed by atoms with van der Waals surface area (Å²) in [6.45, 7) is 2.18. The van der Waals surface area contributed by atoms with E-state index < -0.39 is 0 Å². The second kappa shape index (κ2) is 6.50. The van der Waals surface area contributed by atoms with Crippen molar-refractivity contribution in [1.82, 2.24) is 9.80 Å². The van der Waals surface area contributed by atoms with Gasteiger partial charge in [-0.25, -0.2) is 4.39 Å². The summed E-state index contributed by atoms with van der Waals surface area (Å²) in [5, 5.41) is 0. The van der Waals surface area contributed by atoms with Gasteiger partial charge in [-0.1, -0.05) is 18.2 Å². The molecule has 142 valence electrons. The van der Waals surface area contributed by atoms with Gasteiger partial charge in [0.1, 0.15) is 5.82 Å². The summed E-state index contributed by atoms with van der Waals surface area (Å²) in [6, 6.07) is 12.4. The van der Waals surface area contributed by atoms with Crippen LogP contribution in [0, 0.1) is 5.82 Å². The lowest BCUT2D eigenvalue weighted by molar-refractivity contribution is 0.174. The van der Waals surface area contributed by atoms with E-state index in [1.807, 2.05) is 12.1 Å². The Kier molecular flexibility index (Phi) is 4.10. The van der Waals surface area contributed by atoms with Crippen molar-refractivity contribution < 1.29 is 13.9 Å². The van der Waals surface area contributed by atoms with Gasteiger partial charge >= 0.3 is 0 Å².